The molecule has 0 amide bonds. The summed E-state index contributed by atoms with van der Waals surface area (Å²) in [6.45, 7) is 2.72. The summed E-state index contributed by atoms with van der Waals surface area (Å²) in [6, 6.07) is 8.51. The molecular weight excluding hydrogens is 393 g/mol. The number of ether oxygens (including phenoxy) is 2. The van der Waals surface area contributed by atoms with Gasteiger partial charge in [-0.2, -0.15) is 0 Å². The molecule has 1 unspecified atom stereocenters. The third kappa shape index (κ3) is 3.65. The van der Waals surface area contributed by atoms with Crippen LogP contribution in [0.5, 0.6) is 11.5 Å². The molecule has 1 aromatic heterocycles. The number of benzene rings is 2. The second kappa shape index (κ2) is 7.95. The van der Waals surface area contributed by atoms with Crippen molar-refractivity contribution in [3.05, 3.63) is 58.5 Å². The SMILES string of the molecule is COc1cc2c(cc1OC)-c1cnc(NC(C)c3ccc(Cl)cc3F)n1CCC2. The van der Waals surface area contributed by atoms with Crippen LogP contribution in [-0.4, -0.2) is 23.8 Å². The number of anilines is 1. The van der Waals surface area contributed by atoms with Gasteiger partial charge in [-0.25, -0.2) is 9.37 Å². The molecule has 152 valence electrons. The van der Waals surface area contributed by atoms with Crippen molar-refractivity contribution >= 4 is 17.5 Å². The average Bonchev–Trinajstić information content (AvgIpc) is 3.00. The predicted molar refractivity (Wildman–Crippen MR) is 113 cm³/mol. The lowest BCUT2D eigenvalue weighted by molar-refractivity contribution is 0.354. The van der Waals surface area contributed by atoms with Crippen LogP contribution in [-0.2, 0) is 13.0 Å². The number of imidazole rings is 1. The minimum absolute atomic E-state index is 0.258. The molecular formula is C22H23ClFN3O2. The minimum atomic E-state index is -0.331. The van der Waals surface area contributed by atoms with Gasteiger partial charge in [0, 0.05) is 22.7 Å². The van der Waals surface area contributed by atoms with Crippen LogP contribution in [0.25, 0.3) is 11.3 Å². The first kappa shape index (κ1) is 19.6. The van der Waals surface area contributed by atoms with Crippen molar-refractivity contribution in [2.75, 3.05) is 19.5 Å². The molecule has 3 aromatic rings. The van der Waals surface area contributed by atoms with Gasteiger partial charge in [-0.05, 0) is 49.6 Å². The second-order valence-corrected chi connectivity index (χ2v) is 7.55. The van der Waals surface area contributed by atoms with E-state index < -0.39 is 0 Å². The van der Waals surface area contributed by atoms with Gasteiger partial charge in [-0.1, -0.05) is 17.7 Å². The van der Waals surface area contributed by atoms with E-state index in [0.29, 0.717) is 22.3 Å². The van der Waals surface area contributed by atoms with Gasteiger partial charge < -0.3 is 19.4 Å². The van der Waals surface area contributed by atoms with Crippen LogP contribution < -0.4 is 14.8 Å². The maximum Gasteiger partial charge on any atom is 0.203 e. The van der Waals surface area contributed by atoms with Crippen LogP contribution in [0.4, 0.5) is 10.3 Å². The molecule has 0 saturated carbocycles. The molecule has 0 fully saturated rings. The van der Waals surface area contributed by atoms with Crippen LogP contribution in [0.3, 0.4) is 0 Å². The highest BCUT2D eigenvalue weighted by molar-refractivity contribution is 6.30. The van der Waals surface area contributed by atoms with E-state index in [2.05, 4.69) is 14.9 Å². The zero-order valence-corrected chi connectivity index (χ0v) is 17.4. The van der Waals surface area contributed by atoms with Crippen LogP contribution in [0.2, 0.25) is 5.02 Å². The van der Waals surface area contributed by atoms with Crippen LogP contribution in [0, 0.1) is 5.82 Å². The van der Waals surface area contributed by atoms with Gasteiger partial charge in [-0.3, -0.25) is 0 Å². The van der Waals surface area contributed by atoms with Crippen molar-refractivity contribution in [2.24, 2.45) is 0 Å². The molecule has 2 aromatic carbocycles. The van der Waals surface area contributed by atoms with Crippen molar-refractivity contribution in [1.82, 2.24) is 9.55 Å². The van der Waals surface area contributed by atoms with Gasteiger partial charge in [0.05, 0.1) is 32.2 Å². The number of aromatic nitrogens is 2. The normalized spacial score (nSPS) is 13.8. The predicted octanol–water partition coefficient (Wildman–Crippen LogP) is 5.48. The quantitative estimate of drug-likeness (QED) is 0.599. The van der Waals surface area contributed by atoms with Crippen molar-refractivity contribution in [3.8, 4) is 22.8 Å². The first-order chi connectivity index (χ1) is 14.0. The second-order valence-electron chi connectivity index (χ2n) is 7.12. The minimum Gasteiger partial charge on any atom is -0.493 e. The molecule has 0 aliphatic carbocycles. The number of aryl methyl sites for hydroxylation is 1. The number of hydrogen-bond donors (Lipinski definition) is 1. The Hall–Kier alpha value is -2.73. The van der Waals surface area contributed by atoms with Crippen LogP contribution in [0.15, 0.2) is 36.5 Å². The van der Waals surface area contributed by atoms with E-state index in [1.807, 2.05) is 25.3 Å². The molecule has 4 rings (SSSR count). The summed E-state index contributed by atoms with van der Waals surface area (Å²) in [5.41, 5.74) is 3.83. The molecule has 5 nitrogen and oxygen atoms in total. The average molecular weight is 416 g/mol. The van der Waals surface area contributed by atoms with Gasteiger partial charge in [0.25, 0.3) is 0 Å². The zero-order chi connectivity index (χ0) is 20.5. The lowest BCUT2D eigenvalue weighted by Crippen LogP contribution is -2.13. The van der Waals surface area contributed by atoms with E-state index in [1.165, 1.54) is 11.6 Å². The lowest BCUT2D eigenvalue weighted by atomic mass is 10.0. The molecule has 1 aliphatic heterocycles. The molecule has 1 aliphatic rings. The summed E-state index contributed by atoms with van der Waals surface area (Å²) in [6.07, 6.45) is 3.74. The zero-order valence-electron chi connectivity index (χ0n) is 16.6. The molecule has 1 atom stereocenters. The Bertz CT molecular complexity index is 1050. The first-order valence-electron chi connectivity index (χ1n) is 9.54. The first-order valence-corrected chi connectivity index (χ1v) is 9.92. The fourth-order valence-corrected chi connectivity index (χ4v) is 4.01. The van der Waals surface area contributed by atoms with E-state index in [-0.39, 0.29) is 11.9 Å². The Labute approximate surface area is 174 Å². The topological polar surface area (TPSA) is 48.3 Å². The van der Waals surface area contributed by atoms with E-state index in [4.69, 9.17) is 21.1 Å². The van der Waals surface area contributed by atoms with E-state index in [9.17, 15) is 4.39 Å². The van der Waals surface area contributed by atoms with Crippen LogP contribution >= 0.6 is 11.6 Å². The summed E-state index contributed by atoms with van der Waals surface area (Å²) in [7, 11) is 3.28. The molecule has 0 saturated heterocycles. The molecule has 29 heavy (non-hydrogen) atoms. The number of rotatable bonds is 5. The van der Waals surface area contributed by atoms with E-state index >= 15 is 0 Å². The highest BCUT2D eigenvalue weighted by atomic mass is 35.5. The summed E-state index contributed by atoms with van der Waals surface area (Å²) < 4.78 is 27.4. The lowest BCUT2D eigenvalue weighted by Gasteiger charge is -2.18. The van der Waals surface area contributed by atoms with Crippen molar-refractivity contribution in [3.63, 3.8) is 0 Å². The smallest absolute Gasteiger partial charge is 0.203 e. The van der Waals surface area contributed by atoms with Crippen molar-refractivity contribution in [2.45, 2.75) is 32.4 Å². The Kier molecular flexibility index (Phi) is 5.37. The van der Waals surface area contributed by atoms with Gasteiger partial charge in [0.1, 0.15) is 5.82 Å². The highest BCUT2D eigenvalue weighted by Gasteiger charge is 2.22. The van der Waals surface area contributed by atoms with E-state index in [0.717, 1.165) is 36.4 Å². The van der Waals surface area contributed by atoms with Gasteiger partial charge in [0.15, 0.2) is 11.5 Å². The standard InChI is InChI=1S/C22H23ClFN3O2/c1-13(16-7-6-15(23)10-18(16)24)26-22-25-12-19-17-11-21(29-3)20(28-2)9-14(17)5-4-8-27(19)22/h6-7,9-13H,4-5,8H2,1-3H3,(H,25,26). The van der Waals surface area contributed by atoms with Crippen molar-refractivity contribution in [1.29, 1.82) is 0 Å². The molecule has 0 radical (unpaired) electrons. The Morgan fingerprint density at radius 1 is 1.17 bits per heavy atom. The van der Waals surface area contributed by atoms with Gasteiger partial charge in [0.2, 0.25) is 5.95 Å². The molecule has 0 spiro atoms. The highest BCUT2D eigenvalue weighted by Crippen LogP contribution is 2.39. The fourth-order valence-electron chi connectivity index (χ4n) is 3.85. The van der Waals surface area contributed by atoms with Gasteiger partial charge in [-0.15, -0.1) is 0 Å². The van der Waals surface area contributed by atoms with Crippen molar-refractivity contribution < 1.29 is 13.9 Å². The van der Waals surface area contributed by atoms with Gasteiger partial charge >= 0.3 is 0 Å². The van der Waals surface area contributed by atoms with E-state index in [1.54, 1.807) is 26.4 Å². The number of hydrogen-bond acceptors (Lipinski definition) is 4. The summed E-state index contributed by atoms with van der Waals surface area (Å²) >= 11 is 5.88. The monoisotopic (exact) mass is 415 g/mol. The summed E-state index contributed by atoms with van der Waals surface area (Å²) in [5, 5.41) is 3.73. The molecule has 1 N–H and O–H groups in total. The number of methoxy groups -OCH3 is 2. The number of nitrogens with zero attached hydrogens (tertiary/aromatic N) is 2. The summed E-state index contributed by atoms with van der Waals surface area (Å²) in [4.78, 5) is 4.58. The number of halogens is 2. The summed E-state index contributed by atoms with van der Waals surface area (Å²) in [5.74, 6) is 1.79. The third-order valence-electron chi connectivity index (χ3n) is 5.34. The largest absolute Gasteiger partial charge is 0.493 e. The Morgan fingerprint density at radius 2 is 1.93 bits per heavy atom. The number of nitrogens with one attached hydrogen (secondary N) is 1. The molecule has 2 heterocycles. The maximum atomic E-state index is 14.3. The molecule has 0 bridgehead atoms. The molecule has 7 heteroatoms. The van der Waals surface area contributed by atoms with Crippen LogP contribution in [0.1, 0.15) is 30.5 Å². The maximum absolute atomic E-state index is 14.3. The fraction of sp³-hybridized carbons (Fsp3) is 0.318. The third-order valence-corrected chi connectivity index (χ3v) is 5.58. The Morgan fingerprint density at radius 3 is 2.66 bits per heavy atom. The Balaban J connectivity index is 1.70. The number of fused-ring (bicyclic) bond motifs is 3.